The molecule has 0 radical (unpaired) electrons. The molecule has 3 atom stereocenters. The molecule has 1 saturated carbocycles. The lowest BCUT2D eigenvalue weighted by Crippen LogP contribution is -2.68. The highest BCUT2D eigenvalue weighted by Crippen LogP contribution is 2.46. The fourth-order valence-corrected chi connectivity index (χ4v) is 3.28. The van der Waals surface area contributed by atoms with E-state index in [1.807, 2.05) is 0 Å². The summed E-state index contributed by atoms with van der Waals surface area (Å²) in [4.78, 5) is 24.9. The van der Waals surface area contributed by atoms with Crippen molar-refractivity contribution in [2.24, 2.45) is 11.3 Å². The van der Waals surface area contributed by atoms with Gasteiger partial charge in [-0.25, -0.2) is 4.79 Å². The molecule has 0 heterocycles. The molecule has 0 bridgehead atoms. The van der Waals surface area contributed by atoms with Crippen molar-refractivity contribution in [1.29, 1.82) is 0 Å². The molecule has 1 aliphatic carbocycles. The number of nitrogens with zero attached hydrogens (tertiary/aromatic N) is 1. The molecule has 6 heteroatoms. The molecule has 0 aliphatic heterocycles. The molecule has 0 aromatic heterocycles. The van der Waals surface area contributed by atoms with Gasteiger partial charge in [-0.05, 0) is 6.42 Å². The van der Waals surface area contributed by atoms with Gasteiger partial charge in [-0.15, -0.1) is 0 Å². The van der Waals surface area contributed by atoms with Gasteiger partial charge in [0.25, 0.3) is 0 Å². The number of carbonyl (C=O) groups is 2. The zero-order chi connectivity index (χ0) is 16.2. The van der Waals surface area contributed by atoms with E-state index in [0.717, 1.165) is 0 Å². The van der Waals surface area contributed by atoms with E-state index in [1.165, 1.54) is 0 Å². The molecule has 0 saturated heterocycles. The second kappa shape index (κ2) is 7.11. The van der Waals surface area contributed by atoms with Crippen LogP contribution in [-0.2, 0) is 9.53 Å². The Morgan fingerprint density at radius 1 is 1.29 bits per heavy atom. The topological polar surface area (TPSA) is 70.7 Å². The van der Waals surface area contributed by atoms with E-state index in [2.05, 4.69) is 31.4 Å². The minimum Gasteiger partial charge on any atom is -0.380 e. The van der Waals surface area contributed by atoms with Crippen molar-refractivity contribution in [3.8, 4) is 0 Å². The summed E-state index contributed by atoms with van der Waals surface area (Å²) in [6, 6.07) is -0.0716. The molecule has 0 aromatic carbocycles. The van der Waals surface area contributed by atoms with E-state index >= 15 is 0 Å². The number of amides is 3. The van der Waals surface area contributed by atoms with Crippen LogP contribution in [0.3, 0.4) is 0 Å². The van der Waals surface area contributed by atoms with Crippen molar-refractivity contribution in [3.05, 3.63) is 0 Å². The van der Waals surface area contributed by atoms with E-state index in [9.17, 15) is 9.59 Å². The first-order valence-electron chi connectivity index (χ1n) is 7.49. The van der Waals surface area contributed by atoms with Crippen molar-refractivity contribution in [2.45, 2.75) is 45.8 Å². The smallest absolute Gasteiger partial charge is 0.315 e. The van der Waals surface area contributed by atoms with E-state index < -0.39 is 0 Å². The lowest BCUT2D eigenvalue weighted by Gasteiger charge is -2.56. The van der Waals surface area contributed by atoms with Gasteiger partial charge in [0, 0.05) is 51.5 Å². The van der Waals surface area contributed by atoms with Crippen molar-refractivity contribution < 1.29 is 14.3 Å². The second-order valence-electron chi connectivity index (χ2n) is 6.61. The summed E-state index contributed by atoms with van der Waals surface area (Å²) >= 11 is 0. The van der Waals surface area contributed by atoms with E-state index in [-0.39, 0.29) is 29.5 Å². The minimum atomic E-state index is -0.174. The zero-order valence-corrected chi connectivity index (χ0v) is 14.0. The summed E-state index contributed by atoms with van der Waals surface area (Å²) in [5.74, 6) is 0.375. The van der Waals surface area contributed by atoms with Crippen LogP contribution >= 0.6 is 0 Å². The SMILES string of the molecule is CO[C@@H]1[C@@H](C)[C@@H](NC(=O)NCCCC(=O)N(C)C)C1(C)C. The predicted octanol–water partition coefficient (Wildman–Crippen LogP) is 1.21. The normalized spacial score (nSPS) is 26.7. The lowest BCUT2D eigenvalue weighted by molar-refractivity contribution is -0.140. The molecular formula is C15H29N3O3. The van der Waals surface area contributed by atoms with Gasteiger partial charge >= 0.3 is 6.03 Å². The van der Waals surface area contributed by atoms with Gasteiger partial charge in [-0.1, -0.05) is 20.8 Å². The molecule has 1 rings (SSSR count). The molecule has 1 fully saturated rings. The fraction of sp³-hybridized carbons (Fsp3) is 0.867. The molecule has 21 heavy (non-hydrogen) atoms. The standard InChI is InChI=1S/C15H29N3O3/c1-10-12(15(2,3)13(10)21-6)17-14(20)16-9-7-8-11(19)18(4)5/h10,12-13H,7-9H2,1-6H3,(H2,16,17,20)/t10-,12+,13+/m0/s1. The average molecular weight is 299 g/mol. The molecule has 1 aliphatic rings. The number of nitrogens with one attached hydrogen (secondary N) is 2. The second-order valence-corrected chi connectivity index (χ2v) is 6.61. The maximum absolute atomic E-state index is 11.9. The van der Waals surface area contributed by atoms with E-state index in [4.69, 9.17) is 4.74 Å². The van der Waals surface area contributed by atoms with Gasteiger partial charge in [-0.2, -0.15) is 0 Å². The number of methoxy groups -OCH3 is 1. The van der Waals surface area contributed by atoms with Crippen LogP contribution in [0.2, 0.25) is 0 Å². The molecule has 3 amide bonds. The Hall–Kier alpha value is -1.30. The van der Waals surface area contributed by atoms with Crippen LogP contribution in [0.4, 0.5) is 4.79 Å². The van der Waals surface area contributed by atoms with Crippen molar-refractivity contribution in [1.82, 2.24) is 15.5 Å². The minimum absolute atomic E-state index is 0.0631. The average Bonchev–Trinajstić information content (AvgIpc) is 2.40. The molecule has 2 N–H and O–H groups in total. The summed E-state index contributed by atoms with van der Waals surface area (Å²) in [6.07, 6.45) is 1.26. The van der Waals surface area contributed by atoms with Crippen molar-refractivity contribution in [3.63, 3.8) is 0 Å². The van der Waals surface area contributed by atoms with Crippen LogP contribution in [0, 0.1) is 11.3 Å². The summed E-state index contributed by atoms with van der Waals surface area (Å²) in [6.45, 7) is 6.78. The summed E-state index contributed by atoms with van der Waals surface area (Å²) in [5.41, 5.74) is -0.0631. The maximum Gasteiger partial charge on any atom is 0.315 e. The first-order valence-corrected chi connectivity index (χ1v) is 7.49. The van der Waals surface area contributed by atoms with Crippen LogP contribution in [0.25, 0.3) is 0 Å². The largest absolute Gasteiger partial charge is 0.380 e. The predicted molar refractivity (Wildman–Crippen MR) is 82.0 cm³/mol. The highest BCUT2D eigenvalue weighted by Gasteiger charge is 2.55. The summed E-state index contributed by atoms with van der Waals surface area (Å²) in [5, 5.41) is 5.81. The van der Waals surface area contributed by atoms with Gasteiger partial charge < -0.3 is 20.3 Å². The molecule has 0 unspecified atom stereocenters. The quantitative estimate of drug-likeness (QED) is 0.724. The van der Waals surface area contributed by atoms with Crippen LogP contribution in [0.1, 0.15) is 33.6 Å². The lowest BCUT2D eigenvalue weighted by atomic mass is 9.58. The molecule has 0 spiro atoms. The van der Waals surface area contributed by atoms with Crippen LogP contribution < -0.4 is 10.6 Å². The zero-order valence-electron chi connectivity index (χ0n) is 14.0. The molecular weight excluding hydrogens is 270 g/mol. The highest BCUT2D eigenvalue weighted by molar-refractivity contribution is 5.76. The summed E-state index contributed by atoms with van der Waals surface area (Å²) in [7, 11) is 5.17. The Morgan fingerprint density at radius 3 is 2.38 bits per heavy atom. The Kier molecular flexibility index (Phi) is 6.01. The fourth-order valence-electron chi connectivity index (χ4n) is 3.28. The third-order valence-corrected chi connectivity index (χ3v) is 4.43. The molecule has 122 valence electrons. The number of hydrogen-bond donors (Lipinski definition) is 2. The highest BCUT2D eigenvalue weighted by atomic mass is 16.5. The maximum atomic E-state index is 11.9. The number of rotatable bonds is 6. The van der Waals surface area contributed by atoms with Gasteiger partial charge in [0.15, 0.2) is 0 Å². The van der Waals surface area contributed by atoms with Gasteiger partial charge in [0.2, 0.25) is 5.91 Å². The Labute approximate surface area is 127 Å². The first kappa shape index (κ1) is 17.8. The van der Waals surface area contributed by atoms with Crippen LogP contribution in [0.15, 0.2) is 0 Å². The Bertz CT molecular complexity index is 382. The first-order chi connectivity index (χ1) is 9.71. The number of ether oxygens (including phenoxy) is 1. The van der Waals surface area contributed by atoms with Gasteiger partial charge in [0.1, 0.15) is 0 Å². The third kappa shape index (κ3) is 4.09. The summed E-state index contributed by atoms with van der Waals surface area (Å²) < 4.78 is 5.46. The van der Waals surface area contributed by atoms with Crippen LogP contribution in [0.5, 0.6) is 0 Å². The third-order valence-electron chi connectivity index (χ3n) is 4.43. The van der Waals surface area contributed by atoms with Gasteiger partial charge in [-0.3, -0.25) is 4.79 Å². The number of hydrogen-bond acceptors (Lipinski definition) is 3. The van der Waals surface area contributed by atoms with E-state index in [0.29, 0.717) is 25.3 Å². The van der Waals surface area contributed by atoms with Crippen molar-refractivity contribution in [2.75, 3.05) is 27.7 Å². The van der Waals surface area contributed by atoms with Gasteiger partial charge in [0.05, 0.1) is 6.10 Å². The van der Waals surface area contributed by atoms with Crippen LogP contribution in [-0.4, -0.2) is 56.7 Å². The molecule has 6 nitrogen and oxygen atoms in total. The molecule has 0 aromatic rings. The van der Waals surface area contributed by atoms with E-state index in [1.54, 1.807) is 26.1 Å². The monoisotopic (exact) mass is 299 g/mol. The number of urea groups is 1. The Morgan fingerprint density at radius 2 is 1.90 bits per heavy atom. The van der Waals surface area contributed by atoms with Crippen molar-refractivity contribution >= 4 is 11.9 Å². The number of carbonyl (C=O) groups excluding carboxylic acids is 2. The Balaban J connectivity index is 2.27.